The number of ketones is 1. The Balaban J connectivity index is 4.64. The first-order chi connectivity index (χ1) is 6.77. The van der Waals surface area contributed by atoms with Crippen LogP contribution in [0.5, 0.6) is 0 Å². The molecule has 0 radical (unpaired) electrons. The van der Waals surface area contributed by atoms with Gasteiger partial charge in [0.1, 0.15) is 0 Å². The summed E-state index contributed by atoms with van der Waals surface area (Å²) in [5.41, 5.74) is 0. The summed E-state index contributed by atoms with van der Waals surface area (Å²) in [6.07, 6.45) is 0.964. The van der Waals surface area contributed by atoms with Crippen molar-refractivity contribution in [2.24, 2.45) is 11.8 Å². The molecule has 0 aromatic rings. The number of hydrogen-bond acceptors (Lipinski definition) is 2. The van der Waals surface area contributed by atoms with Crippen LogP contribution in [-0.4, -0.2) is 29.8 Å². The highest BCUT2D eigenvalue weighted by atomic mass is 16.1. The molecule has 0 heterocycles. The van der Waals surface area contributed by atoms with Gasteiger partial charge in [0, 0.05) is 12.0 Å². The standard InChI is InChI=1S/C13H27NO/c1-9(2)8-12(13(15)10(3)4)14(7)11(5)6/h9-12H,8H2,1-7H3/t12-/m1/s1. The van der Waals surface area contributed by atoms with Gasteiger partial charge in [0.15, 0.2) is 5.78 Å². The van der Waals surface area contributed by atoms with E-state index in [0.29, 0.717) is 17.7 Å². The van der Waals surface area contributed by atoms with Crippen molar-refractivity contribution in [3.8, 4) is 0 Å². The molecule has 0 N–H and O–H groups in total. The Morgan fingerprint density at radius 3 is 1.80 bits per heavy atom. The third kappa shape index (κ3) is 4.78. The number of Topliss-reactive ketones (excluding diaryl/α,β-unsaturated/α-hetero) is 1. The minimum Gasteiger partial charge on any atom is -0.298 e. The van der Waals surface area contributed by atoms with E-state index < -0.39 is 0 Å². The van der Waals surface area contributed by atoms with Crippen LogP contribution < -0.4 is 0 Å². The van der Waals surface area contributed by atoms with Gasteiger partial charge in [-0.2, -0.15) is 0 Å². The van der Waals surface area contributed by atoms with Gasteiger partial charge in [-0.15, -0.1) is 0 Å². The predicted octanol–water partition coefficient (Wildman–Crippen LogP) is 2.97. The lowest BCUT2D eigenvalue weighted by atomic mass is 9.92. The Bertz CT molecular complexity index is 197. The van der Waals surface area contributed by atoms with E-state index in [2.05, 4.69) is 39.6 Å². The second kappa shape index (κ2) is 6.26. The molecule has 0 amide bonds. The predicted molar refractivity (Wildman–Crippen MR) is 66.0 cm³/mol. The number of rotatable bonds is 6. The molecule has 0 aliphatic carbocycles. The summed E-state index contributed by atoms with van der Waals surface area (Å²) in [6, 6.07) is 0.515. The average Bonchev–Trinajstić information content (AvgIpc) is 2.11. The molecule has 0 bridgehead atoms. The molecule has 0 spiro atoms. The van der Waals surface area contributed by atoms with Gasteiger partial charge in [-0.25, -0.2) is 0 Å². The van der Waals surface area contributed by atoms with Crippen LogP contribution in [0.2, 0.25) is 0 Å². The van der Waals surface area contributed by atoms with Crippen LogP contribution in [0.25, 0.3) is 0 Å². The molecule has 0 rings (SSSR count). The molecular formula is C13H27NO. The minimum absolute atomic E-state index is 0.0880. The van der Waals surface area contributed by atoms with Gasteiger partial charge < -0.3 is 0 Å². The summed E-state index contributed by atoms with van der Waals surface area (Å²) >= 11 is 0. The molecule has 0 fully saturated rings. The Hall–Kier alpha value is -0.370. The smallest absolute Gasteiger partial charge is 0.152 e. The van der Waals surface area contributed by atoms with Crippen molar-refractivity contribution >= 4 is 5.78 Å². The molecule has 0 unspecified atom stereocenters. The van der Waals surface area contributed by atoms with Crippen LogP contribution in [-0.2, 0) is 4.79 Å². The Labute approximate surface area is 95.0 Å². The van der Waals surface area contributed by atoms with Crippen LogP contribution in [0.3, 0.4) is 0 Å². The van der Waals surface area contributed by atoms with E-state index in [1.54, 1.807) is 0 Å². The van der Waals surface area contributed by atoms with Gasteiger partial charge in [-0.1, -0.05) is 27.7 Å². The van der Waals surface area contributed by atoms with Crippen molar-refractivity contribution in [3.63, 3.8) is 0 Å². The topological polar surface area (TPSA) is 20.3 Å². The third-order valence-electron chi connectivity index (χ3n) is 2.90. The van der Waals surface area contributed by atoms with Gasteiger partial charge in [0.25, 0.3) is 0 Å². The van der Waals surface area contributed by atoms with E-state index in [1.807, 2.05) is 13.8 Å². The fourth-order valence-electron chi connectivity index (χ4n) is 1.67. The SMILES string of the molecule is CC(C)C[C@H](C(=O)C(C)C)N(C)C(C)C. The molecule has 0 aromatic carbocycles. The van der Waals surface area contributed by atoms with Gasteiger partial charge in [0.05, 0.1) is 6.04 Å². The van der Waals surface area contributed by atoms with Crippen molar-refractivity contribution in [2.75, 3.05) is 7.05 Å². The van der Waals surface area contributed by atoms with E-state index in [1.165, 1.54) is 0 Å². The van der Waals surface area contributed by atoms with Crippen molar-refractivity contribution < 1.29 is 4.79 Å². The first kappa shape index (κ1) is 14.6. The first-order valence-corrected chi connectivity index (χ1v) is 6.03. The maximum absolute atomic E-state index is 12.1. The van der Waals surface area contributed by atoms with Crippen LogP contribution in [0.1, 0.15) is 48.0 Å². The largest absolute Gasteiger partial charge is 0.298 e. The third-order valence-corrected chi connectivity index (χ3v) is 2.90. The normalized spacial score (nSPS) is 14.3. The molecule has 0 aliphatic rings. The van der Waals surface area contributed by atoms with Crippen molar-refractivity contribution in [2.45, 2.75) is 60.0 Å². The van der Waals surface area contributed by atoms with E-state index in [9.17, 15) is 4.79 Å². The zero-order valence-corrected chi connectivity index (χ0v) is 11.4. The lowest BCUT2D eigenvalue weighted by molar-refractivity contribution is -0.128. The van der Waals surface area contributed by atoms with Crippen LogP contribution in [0.4, 0.5) is 0 Å². The molecule has 0 aromatic heterocycles. The summed E-state index contributed by atoms with van der Waals surface area (Å²) in [5.74, 6) is 1.08. The molecule has 90 valence electrons. The lowest BCUT2D eigenvalue weighted by Gasteiger charge is -2.32. The summed E-state index contributed by atoms with van der Waals surface area (Å²) in [6.45, 7) is 12.6. The van der Waals surface area contributed by atoms with Gasteiger partial charge in [0.2, 0.25) is 0 Å². The molecule has 15 heavy (non-hydrogen) atoms. The Morgan fingerprint density at radius 2 is 1.53 bits per heavy atom. The minimum atomic E-state index is 0.0880. The number of carbonyl (C=O) groups is 1. The summed E-state index contributed by atoms with van der Waals surface area (Å²) in [5, 5.41) is 0. The Morgan fingerprint density at radius 1 is 1.07 bits per heavy atom. The quantitative estimate of drug-likeness (QED) is 0.676. The van der Waals surface area contributed by atoms with Crippen molar-refractivity contribution in [3.05, 3.63) is 0 Å². The van der Waals surface area contributed by atoms with Gasteiger partial charge >= 0.3 is 0 Å². The van der Waals surface area contributed by atoms with E-state index in [0.717, 1.165) is 6.42 Å². The number of nitrogens with zero attached hydrogens (tertiary/aromatic N) is 1. The van der Waals surface area contributed by atoms with E-state index in [4.69, 9.17) is 0 Å². The van der Waals surface area contributed by atoms with Crippen molar-refractivity contribution in [1.82, 2.24) is 4.90 Å². The second-order valence-corrected chi connectivity index (χ2v) is 5.46. The zero-order valence-electron chi connectivity index (χ0n) is 11.4. The monoisotopic (exact) mass is 213 g/mol. The van der Waals surface area contributed by atoms with Crippen LogP contribution in [0.15, 0.2) is 0 Å². The van der Waals surface area contributed by atoms with Crippen molar-refractivity contribution in [1.29, 1.82) is 0 Å². The number of hydrogen-bond donors (Lipinski definition) is 0. The molecule has 1 atom stereocenters. The summed E-state index contributed by atoms with van der Waals surface area (Å²) < 4.78 is 0. The molecule has 0 saturated carbocycles. The second-order valence-electron chi connectivity index (χ2n) is 5.46. The number of likely N-dealkylation sites (N-methyl/N-ethyl adjacent to an activating group) is 1. The van der Waals surface area contributed by atoms with E-state index >= 15 is 0 Å². The molecule has 0 saturated heterocycles. The zero-order chi connectivity index (χ0) is 12.2. The Kier molecular flexibility index (Phi) is 6.11. The highest BCUT2D eigenvalue weighted by Gasteiger charge is 2.27. The summed E-state index contributed by atoms with van der Waals surface area (Å²) in [4.78, 5) is 14.3. The van der Waals surface area contributed by atoms with Crippen LogP contribution >= 0.6 is 0 Å². The maximum atomic E-state index is 12.1. The summed E-state index contributed by atoms with van der Waals surface area (Å²) in [7, 11) is 2.05. The highest BCUT2D eigenvalue weighted by Crippen LogP contribution is 2.17. The number of carbonyl (C=O) groups excluding carboxylic acids is 1. The van der Waals surface area contributed by atoms with Crippen LogP contribution in [0, 0.1) is 11.8 Å². The van der Waals surface area contributed by atoms with Gasteiger partial charge in [-0.3, -0.25) is 9.69 Å². The highest BCUT2D eigenvalue weighted by molar-refractivity contribution is 5.85. The molecular weight excluding hydrogens is 186 g/mol. The fraction of sp³-hybridized carbons (Fsp3) is 0.923. The average molecular weight is 213 g/mol. The first-order valence-electron chi connectivity index (χ1n) is 6.03. The fourth-order valence-corrected chi connectivity index (χ4v) is 1.67. The maximum Gasteiger partial charge on any atom is 0.152 e. The molecule has 2 heteroatoms. The molecule has 0 aliphatic heterocycles. The molecule has 2 nitrogen and oxygen atoms in total. The van der Waals surface area contributed by atoms with E-state index in [-0.39, 0.29) is 12.0 Å². The lowest BCUT2D eigenvalue weighted by Crippen LogP contribution is -2.44. The van der Waals surface area contributed by atoms with Gasteiger partial charge in [-0.05, 0) is 33.2 Å².